The van der Waals surface area contributed by atoms with Crippen LogP contribution in [0.4, 0.5) is 5.95 Å². The Morgan fingerprint density at radius 2 is 2.00 bits per heavy atom. The molecule has 0 unspecified atom stereocenters. The third kappa shape index (κ3) is 4.05. The molecule has 1 amide bonds. The highest BCUT2D eigenvalue weighted by Crippen LogP contribution is 2.17. The highest BCUT2D eigenvalue weighted by Gasteiger charge is 2.16. The molecular formula is C14H20N4O. The van der Waals surface area contributed by atoms with Crippen LogP contribution in [0.2, 0.25) is 0 Å². The Kier molecular flexibility index (Phi) is 4.89. The Balaban J connectivity index is 1.89. The minimum Gasteiger partial charge on any atom is -0.351 e. The van der Waals surface area contributed by atoms with Crippen molar-refractivity contribution in [2.24, 2.45) is 0 Å². The second-order valence-corrected chi connectivity index (χ2v) is 4.77. The normalized spacial score (nSPS) is 15.8. The number of anilines is 1. The number of aromatic nitrogens is 2. The third-order valence-electron chi connectivity index (χ3n) is 3.26. The molecule has 1 saturated carbocycles. The minimum atomic E-state index is -0.0813. The van der Waals surface area contributed by atoms with E-state index in [2.05, 4.69) is 27.2 Å². The molecule has 1 aliphatic carbocycles. The Morgan fingerprint density at radius 3 is 2.63 bits per heavy atom. The molecule has 19 heavy (non-hydrogen) atoms. The van der Waals surface area contributed by atoms with Gasteiger partial charge in [-0.05, 0) is 12.8 Å². The maximum Gasteiger partial charge on any atom is 0.254 e. The van der Waals surface area contributed by atoms with Gasteiger partial charge in [-0.15, -0.1) is 6.58 Å². The summed E-state index contributed by atoms with van der Waals surface area (Å²) < 4.78 is 0. The zero-order valence-electron chi connectivity index (χ0n) is 11.1. The molecule has 1 aromatic heterocycles. The predicted molar refractivity (Wildman–Crippen MR) is 75.1 cm³/mol. The van der Waals surface area contributed by atoms with Gasteiger partial charge in [-0.3, -0.25) is 4.79 Å². The van der Waals surface area contributed by atoms with Crippen LogP contribution in [0.15, 0.2) is 25.0 Å². The van der Waals surface area contributed by atoms with Crippen LogP contribution in [-0.2, 0) is 0 Å². The summed E-state index contributed by atoms with van der Waals surface area (Å²) in [5.41, 5.74) is 0.509. The van der Waals surface area contributed by atoms with Crippen LogP contribution in [0.25, 0.3) is 0 Å². The zero-order valence-corrected chi connectivity index (χ0v) is 11.1. The van der Waals surface area contributed by atoms with Crippen molar-refractivity contribution in [3.05, 3.63) is 30.6 Å². The molecule has 0 radical (unpaired) electrons. The summed E-state index contributed by atoms with van der Waals surface area (Å²) in [5.74, 6) is 0.427. The summed E-state index contributed by atoms with van der Waals surface area (Å²) in [4.78, 5) is 20.2. The van der Waals surface area contributed by atoms with Crippen LogP contribution in [0.1, 0.15) is 42.5 Å². The van der Waals surface area contributed by atoms with Crippen molar-refractivity contribution in [1.82, 2.24) is 15.3 Å². The number of nitrogens with zero attached hydrogens (tertiary/aromatic N) is 2. The van der Waals surface area contributed by atoms with Gasteiger partial charge in [-0.25, -0.2) is 9.97 Å². The van der Waals surface area contributed by atoms with Crippen LogP contribution < -0.4 is 10.6 Å². The van der Waals surface area contributed by atoms with Crippen molar-refractivity contribution in [2.75, 3.05) is 11.9 Å². The fourth-order valence-electron chi connectivity index (χ4n) is 2.22. The fourth-order valence-corrected chi connectivity index (χ4v) is 2.22. The summed E-state index contributed by atoms with van der Waals surface area (Å²) >= 11 is 0. The molecule has 1 aliphatic rings. The molecule has 1 fully saturated rings. The van der Waals surface area contributed by atoms with Crippen LogP contribution in [0, 0.1) is 0 Å². The first-order valence-corrected chi connectivity index (χ1v) is 6.77. The highest BCUT2D eigenvalue weighted by molar-refractivity contribution is 5.93. The average Bonchev–Trinajstić information content (AvgIpc) is 2.46. The van der Waals surface area contributed by atoms with Crippen LogP contribution >= 0.6 is 0 Å². The van der Waals surface area contributed by atoms with E-state index in [-0.39, 0.29) is 5.91 Å². The van der Waals surface area contributed by atoms with Gasteiger partial charge in [-0.2, -0.15) is 0 Å². The summed E-state index contributed by atoms with van der Waals surface area (Å²) in [6, 6.07) is 0.305. The molecule has 0 bridgehead atoms. The quantitative estimate of drug-likeness (QED) is 0.796. The molecule has 102 valence electrons. The molecular weight excluding hydrogens is 240 g/mol. The van der Waals surface area contributed by atoms with Crippen LogP contribution in [0.5, 0.6) is 0 Å². The van der Waals surface area contributed by atoms with Crippen molar-refractivity contribution in [3.8, 4) is 0 Å². The summed E-state index contributed by atoms with van der Waals surface area (Å²) in [6.45, 7) is 4.21. The number of carbonyl (C=O) groups excluding carboxylic acids is 1. The number of hydrogen-bond donors (Lipinski definition) is 2. The lowest BCUT2D eigenvalue weighted by Gasteiger charge is -2.22. The molecule has 0 atom stereocenters. The van der Waals surface area contributed by atoms with E-state index in [0.717, 1.165) is 12.8 Å². The Labute approximate surface area is 113 Å². The number of hydrogen-bond acceptors (Lipinski definition) is 4. The van der Waals surface area contributed by atoms with E-state index in [4.69, 9.17) is 0 Å². The fraction of sp³-hybridized carbons (Fsp3) is 0.500. The van der Waals surface area contributed by atoms with Crippen molar-refractivity contribution in [1.29, 1.82) is 0 Å². The van der Waals surface area contributed by atoms with E-state index in [1.165, 1.54) is 19.3 Å². The van der Waals surface area contributed by atoms with E-state index < -0.39 is 0 Å². The molecule has 1 aromatic rings. The Morgan fingerprint density at radius 1 is 1.32 bits per heavy atom. The van der Waals surface area contributed by atoms with Gasteiger partial charge in [0.2, 0.25) is 5.95 Å². The Bertz CT molecular complexity index is 424. The molecule has 0 spiro atoms. The van der Waals surface area contributed by atoms with Gasteiger partial charge in [0.15, 0.2) is 0 Å². The van der Waals surface area contributed by atoms with Crippen molar-refractivity contribution in [2.45, 2.75) is 38.1 Å². The van der Waals surface area contributed by atoms with Gasteiger partial charge >= 0.3 is 0 Å². The van der Waals surface area contributed by atoms with E-state index in [1.807, 2.05) is 0 Å². The topological polar surface area (TPSA) is 66.9 Å². The second-order valence-electron chi connectivity index (χ2n) is 4.77. The maximum atomic E-state index is 12.0. The predicted octanol–water partition coefficient (Wildman–Crippen LogP) is 2.14. The van der Waals surface area contributed by atoms with Gasteiger partial charge in [-0.1, -0.05) is 25.3 Å². The largest absolute Gasteiger partial charge is 0.351 e. The lowest BCUT2D eigenvalue weighted by molar-refractivity contribution is 0.0927. The number of nitrogens with one attached hydrogen (secondary N) is 2. The zero-order chi connectivity index (χ0) is 13.5. The molecule has 1 heterocycles. The van der Waals surface area contributed by atoms with E-state index >= 15 is 0 Å². The van der Waals surface area contributed by atoms with Crippen LogP contribution in [-0.4, -0.2) is 28.5 Å². The Hall–Kier alpha value is -1.91. The first-order valence-electron chi connectivity index (χ1n) is 6.77. The monoisotopic (exact) mass is 260 g/mol. The first kappa shape index (κ1) is 13.5. The van der Waals surface area contributed by atoms with Gasteiger partial charge in [0.05, 0.1) is 5.56 Å². The third-order valence-corrected chi connectivity index (χ3v) is 3.26. The molecule has 0 saturated heterocycles. The standard InChI is InChI=1S/C14H20N4O/c1-2-8-15-14-16-9-11(10-17-14)13(19)18-12-6-4-3-5-7-12/h2,9-10,12H,1,3-8H2,(H,18,19)(H,15,16,17). The summed E-state index contributed by atoms with van der Waals surface area (Å²) in [5, 5.41) is 6.01. The highest BCUT2D eigenvalue weighted by atomic mass is 16.1. The van der Waals surface area contributed by atoms with Crippen molar-refractivity contribution < 1.29 is 4.79 Å². The summed E-state index contributed by atoms with van der Waals surface area (Å²) in [7, 11) is 0. The van der Waals surface area contributed by atoms with Crippen LogP contribution in [0.3, 0.4) is 0 Å². The van der Waals surface area contributed by atoms with Crippen molar-refractivity contribution in [3.63, 3.8) is 0 Å². The molecule has 2 rings (SSSR count). The van der Waals surface area contributed by atoms with Crippen molar-refractivity contribution >= 4 is 11.9 Å². The number of amides is 1. The molecule has 0 aliphatic heterocycles. The van der Waals surface area contributed by atoms with Gasteiger partial charge < -0.3 is 10.6 Å². The summed E-state index contributed by atoms with van der Waals surface area (Å²) in [6.07, 6.45) is 10.7. The van der Waals surface area contributed by atoms with E-state index in [0.29, 0.717) is 24.1 Å². The maximum absolute atomic E-state index is 12.0. The second kappa shape index (κ2) is 6.87. The minimum absolute atomic E-state index is 0.0813. The molecule has 2 N–H and O–H groups in total. The first-order chi connectivity index (χ1) is 9.29. The lowest BCUT2D eigenvalue weighted by atomic mass is 9.95. The van der Waals surface area contributed by atoms with Gasteiger partial charge in [0.25, 0.3) is 5.91 Å². The smallest absolute Gasteiger partial charge is 0.254 e. The SMILES string of the molecule is C=CCNc1ncc(C(=O)NC2CCCCC2)cn1. The molecule has 5 heteroatoms. The molecule has 5 nitrogen and oxygen atoms in total. The van der Waals surface area contributed by atoms with Gasteiger partial charge in [0.1, 0.15) is 0 Å². The van der Waals surface area contributed by atoms with E-state index in [9.17, 15) is 4.79 Å². The number of carbonyl (C=O) groups is 1. The lowest BCUT2D eigenvalue weighted by Crippen LogP contribution is -2.36. The van der Waals surface area contributed by atoms with E-state index in [1.54, 1.807) is 18.5 Å². The number of rotatable bonds is 5. The molecule has 0 aromatic carbocycles. The average molecular weight is 260 g/mol. The van der Waals surface area contributed by atoms with Gasteiger partial charge in [0, 0.05) is 25.0 Å².